The summed E-state index contributed by atoms with van der Waals surface area (Å²) in [4.78, 5) is 23.4. The molecule has 6 heteroatoms. The molecule has 0 rings (SSSR count). The monoisotopic (exact) mass is 275 g/mol. The third-order valence-electron chi connectivity index (χ3n) is 2.10. The molecule has 0 spiro atoms. The van der Waals surface area contributed by atoms with Gasteiger partial charge in [0, 0.05) is 7.11 Å². The van der Waals surface area contributed by atoms with Gasteiger partial charge in [0.1, 0.15) is 17.7 Å². The molecule has 0 radical (unpaired) electrons. The van der Waals surface area contributed by atoms with E-state index < -0.39 is 23.7 Å². The van der Waals surface area contributed by atoms with Crippen LogP contribution in [0.1, 0.15) is 41.0 Å². The number of amides is 1. The first-order valence-corrected chi connectivity index (χ1v) is 6.38. The number of hydrogen-bond acceptors (Lipinski definition) is 5. The molecule has 0 fully saturated rings. The molecule has 0 aromatic heterocycles. The topological polar surface area (TPSA) is 73.9 Å². The maximum atomic E-state index is 11.8. The number of alkyl carbamates (subject to hydrolysis) is 1. The van der Waals surface area contributed by atoms with Crippen molar-refractivity contribution in [1.29, 1.82) is 0 Å². The average molecular weight is 275 g/mol. The summed E-state index contributed by atoms with van der Waals surface area (Å²) in [5.41, 5.74) is -0.602. The van der Waals surface area contributed by atoms with Crippen LogP contribution in [-0.2, 0) is 19.0 Å². The lowest BCUT2D eigenvalue weighted by atomic mass is 10.2. The summed E-state index contributed by atoms with van der Waals surface area (Å²) in [6.07, 6.45) is -0.555. The lowest BCUT2D eigenvalue weighted by molar-refractivity contribution is -0.153. The fourth-order valence-corrected chi connectivity index (χ4v) is 1.33. The summed E-state index contributed by atoms with van der Waals surface area (Å²) in [5.74, 6) is -0.488. The van der Waals surface area contributed by atoms with Crippen molar-refractivity contribution in [2.24, 2.45) is 0 Å². The summed E-state index contributed by atoms with van der Waals surface area (Å²) in [6, 6.07) is -0.714. The third kappa shape index (κ3) is 8.42. The molecule has 0 aliphatic rings. The van der Waals surface area contributed by atoms with Gasteiger partial charge in [0.2, 0.25) is 0 Å². The molecular weight excluding hydrogens is 250 g/mol. The highest BCUT2D eigenvalue weighted by Gasteiger charge is 2.25. The molecule has 0 aromatic carbocycles. The standard InChI is InChI=1S/C13H25NO5/c1-7-10(11(15)18-9(2)8-17-6)14-12(16)19-13(3,4)5/h9-10H,7-8H2,1-6H3,(H,14,16)/t9-,10?/m0/s1. The Hall–Kier alpha value is -1.30. The Morgan fingerprint density at radius 2 is 1.84 bits per heavy atom. The Kier molecular flexibility index (Phi) is 7.44. The molecule has 0 heterocycles. The van der Waals surface area contributed by atoms with E-state index in [4.69, 9.17) is 14.2 Å². The van der Waals surface area contributed by atoms with Crippen molar-refractivity contribution in [3.63, 3.8) is 0 Å². The van der Waals surface area contributed by atoms with Crippen LogP contribution >= 0.6 is 0 Å². The largest absolute Gasteiger partial charge is 0.459 e. The van der Waals surface area contributed by atoms with E-state index in [1.807, 2.05) is 0 Å². The first kappa shape index (κ1) is 17.7. The van der Waals surface area contributed by atoms with E-state index in [0.29, 0.717) is 13.0 Å². The van der Waals surface area contributed by atoms with E-state index in [9.17, 15) is 9.59 Å². The van der Waals surface area contributed by atoms with Crippen molar-refractivity contribution in [1.82, 2.24) is 5.32 Å². The van der Waals surface area contributed by atoms with E-state index >= 15 is 0 Å². The minimum atomic E-state index is -0.714. The summed E-state index contributed by atoms with van der Waals surface area (Å²) in [6.45, 7) is 9.09. The van der Waals surface area contributed by atoms with Gasteiger partial charge in [0.05, 0.1) is 6.61 Å². The maximum Gasteiger partial charge on any atom is 0.408 e. The minimum absolute atomic E-state index is 0.314. The van der Waals surface area contributed by atoms with E-state index in [1.54, 1.807) is 34.6 Å². The van der Waals surface area contributed by atoms with Gasteiger partial charge in [-0.3, -0.25) is 0 Å². The van der Waals surface area contributed by atoms with Gasteiger partial charge in [-0.1, -0.05) is 6.92 Å². The molecule has 6 nitrogen and oxygen atoms in total. The Bertz CT molecular complexity index is 298. The van der Waals surface area contributed by atoms with E-state index in [2.05, 4.69) is 5.32 Å². The minimum Gasteiger partial charge on any atom is -0.459 e. The number of ether oxygens (including phenoxy) is 3. The van der Waals surface area contributed by atoms with Gasteiger partial charge in [-0.15, -0.1) is 0 Å². The highest BCUT2D eigenvalue weighted by atomic mass is 16.6. The van der Waals surface area contributed by atoms with Crippen LogP contribution in [0.5, 0.6) is 0 Å². The van der Waals surface area contributed by atoms with Crippen LogP contribution < -0.4 is 5.32 Å². The predicted octanol–water partition coefficient (Wildman–Crippen LogP) is 1.87. The number of nitrogens with one attached hydrogen (secondary N) is 1. The summed E-state index contributed by atoms with van der Waals surface area (Å²) in [5, 5.41) is 2.49. The fourth-order valence-electron chi connectivity index (χ4n) is 1.33. The number of methoxy groups -OCH3 is 1. The normalized spacial score (nSPS) is 14.4. The molecule has 0 aliphatic heterocycles. The number of carbonyl (C=O) groups excluding carboxylic acids is 2. The molecule has 0 aliphatic carbocycles. The molecule has 2 atom stereocenters. The van der Waals surface area contributed by atoms with Crippen molar-refractivity contribution in [3.8, 4) is 0 Å². The van der Waals surface area contributed by atoms with Crippen molar-refractivity contribution in [2.45, 2.75) is 58.8 Å². The molecule has 0 aromatic rings. The zero-order chi connectivity index (χ0) is 15.1. The second kappa shape index (κ2) is 7.99. The zero-order valence-electron chi connectivity index (χ0n) is 12.6. The lowest BCUT2D eigenvalue weighted by Crippen LogP contribution is -2.44. The first-order valence-electron chi connectivity index (χ1n) is 6.38. The van der Waals surface area contributed by atoms with Crippen LogP contribution in [0.15, 0.2) is 0 Å². The molecule has 112 valence electrons. The Balaban J connectivity index is 4.33. The van der Waals surface area contributed by atoms with Gasteiger partial charge in [-0.05, 0) is 34.1 Å². The van der Waals surface area contributed by atoms with Gasteiger partial charge in [-0.2, -0.15) is 0 Å². The number of hydrogen-bond donors (Lipinski definition) is 1. The van der Waals surface area contributed by atoms with Gasteiger partial charge in [0.15, 0.2) is 0 Å². The lowest BCUT2D eigenvalue weighted by Gasteiger charge is -2.23. The smallest absolute Gasteiger partial charge is 0.408 e. The second-order valence-electron chi connectivity index (χ2n) is 5.31. The Morgan fingerprint density at radius 1 is 1.26 bits per heavy atom. The van der Waals surface area contributed by atoms with Crippen LogP contribution in [-0.4, -0.2) is 43.5 Å². The molecule has 0 bridgehead atoms. The van der Waals surface area contributed by atoms with Gasteiger partial charge < -0.3 is 19.5 Å². The highest BCUT2D eigenvalue weighted by Crippen LogP contribution is 2.08. The second-order valence-corrected chi connectivity index (χ2v) is 5.31. The van der Waals surface area contributed by atoms with E-state index in [-0.39, 0.29) is 6.10 Å². The van der Waals surface area contributed by atoms with Crippen LogP contribution in [0.2, 0.25) is 0 Å². The quantitative estimate of drug-likeness (QED) is 0.749. The van der Waals surface area contributed by atoms with Gasteiger partial charge >= 0.3 is 12.1 Å². The zero-order valence-corrected chi connectivity index (χ0v) is 12.6. The molecule has 1 amide bonds. The van der Waals surface area contributed by atoms with Crippen molar-refractivity contribution in [3.05, 3.63) is 0 Å². The van der Waals surface area contributed by atoms with Gasteiger partial charge in [0.25, 0.3) is 0 Å². The maximum absolute atomic E-state index is 11.8. The van der Waals surface area contributed by atoms with Crippen LogP contribution in [0.4, 0.5) is 4.79 Å². The molecule has 0 saturated carbocycles. The SMILES string of the molecule is CCC(NC(=O)OC(C)(C)C)C(=O)O[C@@H](C)COC. The molecule has 19 heavy (non-hydrogen) atoms. The van der Waals surface area contributed by atoms with E-state index in [0.717, 1.165) is 0 Å². The fraction of sp³-hybridized carbons (Fsp3) is 0.846. The summed E-state index contributed by atoms with van der Waals surface area (Å²) in [7, 11) is 1.53. The van der Waals surface area contributed by atoms with Crippen LogP contribution in [0.3, 0.4) is 0 Å². The first-order chi connectivity index (χ1) is 8.69. The average Bonchev–Trinajstić information content (AvgIpc) is 2.23. The number of carbonyl (C=O) groups is 2. The van der Waals surface area contributed by atoms with Gasteiger partial charge in [-0.25, -0.2) is 9.59 Å². The molecule has 1 unspecified atom stereocenters. The predicted molar refractivity (Wildman–Crippen MR) is 70.9 cm³/mol. The Labute approximate surface area is 114 Å². The van der Waals surface area contributed by atoms with Crippen molar-refractivity contribution >= 4 is 12.1 Å². The van der Waals surface area contributed by atoms with Crippen LogP contribution in [0, 0.1) is 0 Å². The summed E-state index contributed by atoms with van der Waals surface area (Å²) < 4.78 is 15.1. The number of esters is 1. The Morgan fingerprint density at radius 3 is 2.26 bits per heavy atom. The van der Waals surface area contributed by atoms with Crippen molar-refractivity contribution < 1.29 is 23.8 Å². The van der Waals surface area contributed by atoms with E-state index in [1.165, 1.54) is 7.11 Å². The number of rotatable bonds is 6. The molecule has 1 N–H and O–H groups in total. The van der Waals surface area contributed by atoms with Crippen molar-refractivity contribution in [2.75, 3.05) is 13.7 Å². The third-order valence-corrected chi connectivity index (χ3v) is 2.10. The molecule has 0 saturated heterocycles. The highest BCUT2D eigenvalue weighted by molar-refractivity contribution is 5.81. The van der Waals surface area contributed by atoms with Crippen LogP contribution in [0.25, 0.3) is 0 Å². The molecular formula is C13H25NO5. The summed E-state index contributed by atoms with van der Waals surface area (Å²) >= 11 is 0.